The van der Waals surface area contributed by atoms with E-state index in [4.69, 9.17) is 0 Å². The number of hydrogen-bond acceptors (Lipinski definition) is 2. The van der Waals surface area contributed by atoms with Crippen LogP contribution >= 0.6 is 0 Å². The van der Waals surface area contributed by atoms with Crippen LogP contribution in [0, 0.1) is 11.8 Å². The second-order valence-electron chi connectivity index (χ2n) is 5.47. The summed E-state index contributed by atoms with van der Waals surface area (Å²) < 4.78 is 0. The smallest absolute Gasteiger partial charge is 0.308 e. The van der Waals surface area contributed by atoms with Crippen LogP contribution in [0.15, 0.2) is 12.2 Å². The maximum atomic E-state index is 11.2. The van der Waals surface area contributed by atoms with Crippen molar-refractivity contribution in [3.8, 4) is 0 Å². The maximum Gasteiger partial charge on any atom is 0.308 e. The minimum absolute atomic E-state index is 0.164. The number of carboxylic acids is 1. The van der Waals surface area contributed by atoms with Crippen molar-refractivity contribution < 1.29 is 9.90 Å². The van der Waals surface area contributed by atoms with Gasteiger partial charge in [0.05, 0.1) is 5.92 Å². The Morgan fingerprint density at radius 1 is 1.41 bits per heavy atom. The monoisotopic (exact) mass is 237 g/mol. The standard InChI is InChI=1S/C14H23NO2/c1-11-13(14(16)17)8-5-9-15(11)10-12-6-3-2-4-7-12/h2-3,11-13H,4-10H2,1H3,(H,16,17)/t11-,12?,13-/m1/s1. The third-order valence-corrected chi connectivity index (χ3v) is 4.31. The number of rotatable bonds is 3. The Morgan fingerprint density at radius 3 is 2.88 bits per heavy atom. The van der Waals surface area contributed by atoms with Crippen LogP contribution in [0.25, 0.3) is 0 Å². The summed E-state index contributed by atoms with van der Waals surface area (Å²) >= 11 is 0. The first-order valence-electron chi connectivity index (χ1n) is 6.80. The van der Waals surface area contributed by atoms with E-state index in [1.807, 2.05) is 0 Å². The molecule has 0 spiro atoms. The van der Waals surface area contributed by atoms with Crippen molar-refractivity contribution in [2.24, 2.45) is 11.8 Å². The zero-order valence-corrected chi connectivity index (χ0v) is 10.6. The number of aliphatic carboxylic acids is 1. The Hall–Kier alpha value is -0.830. The molecule has 1 heterocycles. The fraction of sp³-hybridized carbons (Fsp3) is 0.786. The van der Waals surface area contributed by atoms with Crippen LogP contribution in [0.1, 0.15) is 39.0 Å². The lowest BCUT2D eigenvalue weighted by Gasteiger charge is -2.39. The van der Waals surface area contributed by atoms with Gasteiger partial charge in [0.15, 0.2) is 0 Å². The summed E-state index contributed by atoms with van der Waals surface area (Å²) in [4.78, 5) is 13.6. The van der Waals surface area contributed by atoms with Gasteiger partial charge in [0.25, 0.3) is 0 Å². The van der Waals surface area contributed by atoms with Gasteiger partial charge in [-0.2, -0.15) is 0 Å². The molecule has 1 saturated heterocycles. The highest BCUT2D eigenvalue weighted by atomic mass is 16.4. The van der Waals surface area contributed by atoms with Crippen molar-refractivity contribution in [3.63, 3.8) is 0 Å². The van der Waals surface area contributed by atoms with E-state index >= 15 is 0 Å². The molecule has 3 heteroatoms. The van der Waals surface area contributed by atoms with Crippen LogP contribution in [-0.4, -0.2) is 35.1 Å². The lowest BCUT2D eigenvalue weighted by molar-refractivity contribution is -0.145. The predicted octanol–water partition coefficient (Wildman–Crippen LogP) is 2.53. The molecule has 0 aromatic rings. The molecule has 2 aliphatic rings. The average molecular weight is 237 g/mol. The van der Waals surface area contributed by atoms with Crippen LogP contribution in [-0.2, 0) is 4.79 Å². The Bertz CT molecular complexity index is 301. The topological polar surface area (TPSA) is 40.5 Å². The highest BCUT2D eigenvalue weighted by molar-refractivity contribution is 5.70. The van der Waals surface area contributed by atoms with Crippen LogP contribution in [0.2, 0.25) is 0 Å². The number of likely N-dealkylation sites (tertiary alicyclic amines) is 1. The number of carbonyl (C=O) groups is 1. The van der Waals surface area contributed by atoms with Gasteiger partial charge in [0.2, 0.25) is 0 Å². The second kappa shape index (κ2) is 5.67. The Kier molecular flexibility index (Phi) is 4.21. The SMILES string of the molecule is C[C@@H]1[C@H](C(=O)O)CCCN1CC1CC=CCC1. The fourth-order valence-electron chi connectivity index (χ4n) is 3.15. The van der Waals surface area contributed by atoms with Crippen molar-refractivity contribution in [3.05, 3.63) is 12.2 Å². The lowest BCUT2D eigenvalue weighted by Crippen LogP contribution is -2.48. The molecule has 0 aromatic carbocycles. The molecular weight excluding hydrogens is 214 g/mol. The van der Waals surface area contributed by atoms with Crippen molar-refractivity contribution in [2.45, 2.75) is 45.1 Å². The Labute approximate surface area is 103 Å². The molecule has 1 aliphatic carbocycles. The molecule has 0 amide bonds. The second-order valence-corrected chi connectivity index (χ2v) is 5.47. The summed E-state index contributed by atoms with van der Waals surface area (Å²) in [7, 11) is 0. The number of nitrogens with zero attached hydrogens (tertiary/aromatic N) is 1. The summed E-state index contributed by atoms with van der Waals surface area (Å²) in [6.07, 6.45) is 10.0. The van der Waals surface area contributed by atoms with Crippen molar-refractivity contribution in [1.82, 2.24) is 4.90 Å². The Balaban J connectivity index is 1.91. The molecule has 0 bridgehead atoms. The molecule has 1 unspecified atom stereocenters. The molecule has 2 rings (SSSR count). The van der Waals surface area contributed by atoms with Crippen LogP contribution in [0.4, 0.5) is 0 Å². The van der Waals surface area contributed by atoms with Crippen LogP contribution in [0.5, 0.6) is 0 Å². The van der Waals surface area contributed by atoms with Gasteiger partial charge in [-0.15, -0.1) is 0 Å². The van der Waals surface area contributed by atoms with Gasteiger partial charge >= 0.3 is 5.97 Å². The summed E-state index contributed by atoms with van der Waals surface area (Å²) in [6, 6.07) is 0.201. The molecule has 1 fully saturated rings. The van der Waals surface area contributed by atoms with E-state index in [1.165, 1.54) is 19.3 Å². The average Bonchev–Trinajstić information content (AvgIpc) is 2.33. The van der Waals surface area contributed by atoms with Gasteiger partial charge in [-0.3, -0.25) is 9.69 Å². The zero-order valence-electron chi connectivity index (χ0n) is 10.6. The molecule has 3 nitrogen and oxygen atoms in total. The summed E-state index contributed by atoms with van der Waals surface area (Å²) in [5.41, 5.74) is 0. The molecular formula is C14H23NO2. The maximum absolute atomic E-state index is 11.2. The first kappa shape index (κ1) is 12.6. The van der Waals surface area contributed by atoms with Gasteiger partial charge < -0.3 is 5.11 Å². The van der Waals surface area contributed by atoms with Gasteiger partial charge in [-0.05, 0) is 51.5 Å². The lowest BCUT2D eigenvalue weighted by atomic mass is 9.87. The minimum atomic E-state index is -0.620. The van der Waals surface area contributed by atoms with E-state index in [-0.39, 0.29) is 12.0 Å². The molecule has 0 aromatic heterocycles. The molecule has 17 heavy (non-hydrogen) atoms. The minimum Gasteiger partial charge on any atom is -0.481 e. The highest BCUT2D eigenvalue weighted by Gasteiger charge is 2.33. The largest absolute Gasteiger partial charge is 0.481 e. The van der Waals surface area contributed by atoms with Crippen molar-refractivity contribution in [2.75, 3.05) is 13.1 Å². The summed E-state index contributed by atoms with van der Waals surface area (Å²) in [5.74, 6) is -0.0522. The van der Waals surface area contributed by atoms with Gasteiger partial charge in [-0.25, -0.2) is 0 Å². The predicted molar refractivity (Wildman–Crippen MR) is 67.9 cm³/mol. The Morgan fingerprint density at radius 2 is 2.24 bits per heavy atom. The molecule has 1 aliphatic heterocycles. The fourth-order valence-corrected chi connectivity index (χ4v) is 3.15. The van der Waals surface area contributed by atoms with Crippen molar-refractivity contribution in [1.29, 1.82) is 0 Å². The van der Waals surface area contributed by atoms with Crippen LogP contribution in [0.3, 0.4) is 0 Å². The number of allylic oxidation sites excluding steroid dienone is 2. The molecule has 1 N–H and O–H groups in total. The van der Waals surface area contributed by atoms with E-state index in [2.05, 4.69) is 24.0 Å². The summed E-state index contributed by atoms with van der Waals surface area (Å²) in [6.45, 7) is 4.23. The van der Waals surface area contributed by atoms with E-state index in [0.717, 1.165) is 31.8 Å². The van der Waals surface area contributed by atoms with E-state index < -0.39 is 5.97 Å². The molecule has 3 atom stereocenters. The van der Waals surface area contributed by atoms with Gasteiger partial charge in [0.1, 0.15) is 0 Å². The molecule has 96 valence electrons. The number of hydrogen-bond donors (Lipinski definition) is 1. The van der Waals surface area contributed by atoms with Crippen molar-refractivity contribution >= 4 is 5.97 Å². The van der Waals surface area contributed by atoms with E-state index in [9.17, 15) is 9.90 Å². The number of piperidine rings is 1. The first-order chi connectivity index (χ1) is 8.18. The number of carboxylic acid groups (broad SMARTS) is 1. The zero-order chi connectivity index (χ0) is 12.3. The van der Waals surface area contributed by atoms with E-state index in [0.29, 0.717) is 0 Å². The van der Waals surface area contributed by atoms with Gasteiger partial charge in [0, 0.05) is 12.6 Å². The van der Waals surface area contributed by atoms with Gasteiger partial charge in [-0.1, -0.05) is 12.2 Å². The van der Waals surface area contributed by atoms with Crippen LogP contribution < -0.4 is 0 Å². The molecule has 0 saturated carbocycles. The van der Waals surface area contributed by atoms with E-state index in [1.54, 1.807) is 0 Å². The normalized spacial score (nSPS) is 34.8. The highest BCUT2D eigenvalue weighted by Crippen LogP contribution is 2.27. The summed E-state index contributed by atoms with van der Waals surface area (Å²) in [5, 5.41) is 9.19. The third-order valence-electron chi connectivity index (χ3n) is 4.31. The molecule has 0 radical (unpaired) electrons. The quantitative estimate of drug-likeness (QED) is 0.767. The third kappa shape index (κ3) is 3.09. The first-order valence-corrected chi connectivity index (χ1v) is 6.80.